The number of anilines is 2. The van der Waals surface area contributed by atoms with E-state index in [0.717, 1.165) is 25.9 Å². The normalized spacial score (nSPS) is 15.3. The molecule has 2 heterocycles. The van der Waals surface area contributed by atoms with Crippen LogP contribution >= 0.6 is 22.9 Å². The van der Waals surface area contributed by atoms with Crippen LogP contribution in [0.5, 0.6) is 0 Å². The number of hydrogen-bond donors (Lipinski definition) is 1. The van der Waals surface area contributed by atoms with Gasteiger partial charge < -0.3 is 20.0 Å². The lowest BCUT2D eigenvalue weighted by molar-refractivity contribution is -0.130. The summed E-state index contributed by atoms with van der Waals surface area (Å²) in [5.41, 5.74) is 3.59. The number of amides is 3. The maximum atomic E-state index is 13.0. The monoisotopic (exact) mass is 551 g/mol. The summed E-state index contributed by atoms with van der Waals surface area (Å²) in [7, 11) is 0. The molecule has 2 aromatic carbocycles. The van der Waals surface area contributed by atoms with E-state index in [2.05, 4.69) is 34.3 Å². The highest BCUT2D eigenvalue weighted by Crippen LogP contribution is 2.29. The second-order valence-electron chi connectivity index (χ2n) is 9.69. The van der Waals surface area contributed by atoms with E-state index in [1.807, 2.05) is 17.0 Å². The van der Waals surface area contributed by atoms with E-state index in [4.69, 9.17) is 11.6 Å². The maximum absolute atomic E-state index is 13.0. The molecular formula is C28H30ClN5O3S. The topological polar surface area (TPSA) is 85.9 Å². The van der Waals surface area contributed by atoms with Gasteiger partial charge in [-0.25, -0.2) is 4.98 Å². The second-order valence-corrected chi connectivity index (χ2v) is 11.0. The number of nitrogens with one attached hydrogen (secondary N) is 1. The Kier molecular flexibility index (Phi) is 7.95. The molecule has 5 rings (SSSR count). The highest BCUT2D eigenvalue weighted by Gasteiger charge is 2.34. The van der Waals surface area contributed by atoms with Crippen molar-refractivity contribution in [3.63, 3.8) is 0 Å². The van der Waals surface area contributed by atoms with E-state index in [1.165, 1.54) is 22.6 Å². The molecule has 1 aromatic heterocycles. The largest absolute Gasteiger partial charge is 0.368 e. The van der Waals surface area contributed by atoms with Crippen molar-refractivity contribution < 1.29 is 14.4 Å². The lowest BCUT2D eigenvalue weighted by Gasteiger charge is -2.36. The summed E-state index contributed by atoms with van der Waals surface area (Å²) in [5.74, 6) is -0.461. The maximum Gasteiger partial charge on any atom is 0.254 e. The molecule has 0 spiro atoms. The average Bonchev–Trinajstić information content (AvgIpc) is 3.67. The summed E-state index contributed by atoms with van der Waals surface area (Å²) < 4.78 is 0. The molecule has 1 aliphatic carbocycles. The van der Waals surface area contributed by atoms with Crippen LogP contribution in [-0.2, 0) is 16.0 Å². The zero-order valence-corrected chi connectivity index (χ0v) is 22.8. The van der Waals surface area contributed by atoms with Gasteiger partial charge in [0.05, 0.1) is 12.1 Å². The summed E-state index contributed by atoms with van der Waals surface area (Å²) in [4.78, 5) is 48.9. The van der Waals surface area contributed by atoms with E-state index in [0.29, 0.717) is 34.5 Å². The highest BCUT2D eigenvalue weighted by molar-refractivity contribution is 7.13. The fourth-order valence-corrected chi connectivity index (χ4v) is 5.50. The number of halogens is 1. The van der Waals surface area contributed by atoms with Gasteiger partial charge in [-0.3, -0.25) is 14.4 Å². The molecule has 198 valence electrons. The van der Waals surface area contributed by atoms with Crippen LogP contribution in [0, 0.1) is 6.92 Å². The minimum atomic E-state index is -0.307. The lowest BCUT2D eigenvalue weighted by atomic mass is 10.1. The zero-order chi connectivity index (χ0) is 26.6. The van der Waals surface area contributed by atoms with Crippen LogP contribution in [0.25, 0.3) is 0 Å². The third kappa shape index (κ3) is 6.34. The molecular weight excluding hydrogens is 522 g/mol. The molecule has 0 atom stereocenters. The first-order chi connectivity index (χ1) is 18.4. The van der Waals surface area contributed by atoms with Crippen molar-refractivity contribution in [2.45, 2.75) is 32.2 Å². The van der Waals surface area contributed by atoms with Crippen LogP contribution in [-0.4, -0.2) is 71.3 Å². The summed E-state index contributed by atoms with van der Waals surface area (Å²) in [6.45, 7) is 4.97. The first kappa shape index (κ1) is 26.2. The molecule has 1 saturated carbocycles. The molecule has 38 heavy (non-hydrogen) atoms. The molecule has 1 N–H and O–H groups in total. The Labute approximate surface area is 231 Å². The van der Waals surface area contributed by atoms with Gasteiger partial charge in [0, 0.05) is 53.9 Å². The van der Waals surface area contributed by atoms with Crippen molar-refractivity contribution in [2.75, 3.05) is 42.9 Å². The molecule has 10 heteroatoms. The van der Waals surface area contributed by atoms with E-state index < -0.39 is 0 Å². The molecule has 2 fully saturated rings. The van der Waals surface area contributed by atoms with E-state index in [-0.39, 0.29) is 36.7 Å². The summed E-state index contributed by atoms with van der Waals surface area (Å²) in [5, 5.41) is 5.58. The number of para-hydroxylation sites is 1. The van der Waals surface area contributed by atoms with E-state index in [1.54, 1.807) is 34.5 Å². The van der Waals surface area contributed by atoms with Gasteiger partial charge in [-0.2, -0.15) is 0 Å². The molecule has 1 aliphatic heterocycles. The Morgan fingerprint density at radius 2 is 1.76 bits per heavy atom. The van der Waals surface area contributed by atoms with E-state index >= 15 is 0 Å². The van der Waals surface area contributed by atoms with Crippen LogP contribution in [0.2, 0.25) is 5.02 Å². The van der Waals surface area contributed by atoms with Crippen LogP contribution in [0.3, 0.4) is 0 Å². The highest BCUT2D eigenvalue weighted by atomic mass is 35.5. The SMILES string of the molecule is Cc1ccccc1N1CCN(C(=O)Cc2csc(NC(=O)CN(C(=O)c3ccc(Cl)cc3)C3CC3)n2)CC1. The number of rotatable bonds is 8. The van der Waals surface area contributed by atoms with Gasteiger partial charge in [0.1, 0.15) is 6.54 Å². The fourth-order valence-electron chi connectivity index (χ4n) is 4.65. The Bertz CT molecular complexity index is 1320. The Morgan fingerprint density at radius 1 is 1.05 bits per heavy atom. The Morgan fingerprint density at radius 3 is 2.45 bits per heavy atom. The number of aryl methyl sites for hydroxylation is 1. The number of piperazine rings is 1. The predicted molar refractivity (Wildman–Crippen MR) is 150 cm³/mol. The van der Waals surface area contributed by atoms with Crippen molar-refractivity contribution >= 4 is 51.5 Å². The summed E-state index contributed by atoms with van der Waals surface area (Å²) >= 11 is 7.22. The van der Waals surface area contributed by atoms with Gasteiger partial charge in [-0.1, -0.05) is 29.8 Å². The standard InChI is InChI=1S/C28H30ClN5O3S/c1-19-4-2-3-5-24(19)32-12-14-33(15-13-32)26(36)16-22-18-38-28(30-22)31-25(35)17-34(23-10-11-23)27(37)20-6-8-21(29)9-7-20/h2-9,18,23H,10-17H2,1H3,(H,30,31,35). The number of nitrogens with zero attached hydrogens (tertiary/aromatic N) is 4. The van der Waals surface area contributed by atoms with Crippen molar-refractivity contribution in [1.82, 2.24) is 14.8 Å². The van der Waals surface area contributed by atoms with Crippen LogP contribution in [0.1, 0.15) is 34.5 Å². The van der Waals surface area contributed by atoms with Crippen molar-refractivity contribution in [3.8, 4) is 0 Å². The molecule has 3 aromatic rings. The third-order valence-corrected chi connectivity index (χ3v) is 7.93. The minimum Gasteiger partial charge on any atom is -0.368 e. The molecule has 0 bridgehead atoms. The van der Waals surface area contributed by atoms with Crippen molar-refractivity contribution in [2.24, 2.45) is 0 Å². The first-order valence-corrected chi connectivity index (χ1v) is 14.0. The van der Waals surface area contributed by atoms with Gasteiger partial charge in [0.15, 0.2) is 5.13 Å². The lowest BCUT2D eigenvalue weighted by Crippen LogP contribution is -2.49. The average molecular weight is 552 g/mol. The number of thiazole rings is 1. The first-order valence-electron chi connectivity index (χ1n) is 12.8. The van der Waals surface area contributed by atoms with Crippen LogP contribution in [0.15, 0.2) is 53.9 Å². The zero-order valence-electron chi connectivity index (χ0n) is 21.2. The van der Waals surface area contributed by atoms with Crippen LogP contribution in [0.4, 0.5) is 10.8 Å². The molecule has 3 amide bonds. The fraction of sp³-hybridized carbons (Fsp3) is 0.357. The number of benzene rings is 2. The number of hydrogen-bond acceptors (Lipinski definition) is 6. The number of aromatic nitrogens is 1. The van der Waals surface area contributed by atoms with Crippen LogP contribution < -0.4 is 10.2 Å². The third-order valence-electron chi connectivity index (χ3n) is 6.87. The Balaban J connectivity index is 1.12. The molecule has 2 aliphatic rings. The van der Waals surface area contributed by atoms with Gasteiger partial charge in [-0.15, -0.1) is 11.3 Å². The minimum absolute atomic E-state index is 0.0334. The molecule has 1 saturated heterocycles. The molecule has 0 radical (unpaired) electrons. The number of carbonyl (C=O) groups is 3. The summed E-state index contributed by atoms with van der Waals surface area (Å²) in [6, 6.07) is 15.0. The number of carbonyl (C=O) groups excluding carboxylic acids is 3. The Hall–Kier alpha value is -3.43. The van der Waals surface area contributed by atoms with E-state index in [9.17, 15) is 14.4 Å². The predicted octanol–water partition coefficient (Wildman–Crippen LogP) is 4.24. The van der Waals surface area contributed by atoms with Gasteiger partial charge in [0.2, 0.25) is 11.8 Å². The van der Waals surface area contributed by atoms with Gasteiger partial charge >= 0.3 is 0 Å². The molecule has 8 nitrogen and oxygen atoms in total. The molecule has 0 unspecified atom stereocenters. The smallest absolute Gasteiger partial charge is 0.254 e. The van der Waals surface area contributed by atoms with Crippen molar-refractivity contribution in [3.05, 3.63) is 75.8 Å². The van der Waals surface area contributed by atoms with Gasteiger partial charge in [-0.05, 0) is 55.7 Å². The second kappa shape index (κ2) is 11.5. The van der Waals surface area contributed by atoms with Crippen molar-refractivity contribution in [1.29, 1.82) is 0 Å². The quantitative estimate of drug-likeness (QED) is 0.452. The summed E-state index contributed by atoms with van der Waals surface area (Å²) in [6.07, 6.45) is 1.96. The van der Waals surface area contributed by atoms with Gasteiger partial charge in [0.25, 0.3) is 5.91 Å².